The van der Waals surface area contributed by atoms with E-state index in [4.69, 9.17) is 14.2 Å². The van der Waals surface area contributed by atoms with Gasteiger partial charge in [-0.05, 0) is 30.3 Å². The lowest BCUT2D eigenvalue weighted by atomic mass is 10.1. The summed E-state index contributed by atoms with van der Waals surface area (Å²) in [7, 11) is 4.77. The first-order valence-corrected chi connectivity index (χ1v) is 7.68. The summed E-state index contributed by atoms with van der Waals surface area (Å²) in [6, 6.07) is 12.8. The van der Waals surface area contributed by atoms with Crippen molar-refractivity contribution in [3.8, 4) is 17.2 Å². The number of ether oxygens (including phenoxy) is 3. The molecule has 0 saturated heterocycles. The fourth-order valence-corrected chi connectivity index (χ4v) is 2.75. The molecule has 116 valence electrons. The molecular weight excluding hydrogens is 300 g/mol. The number of hydrogen-bond acceptors (Lipinski definition) is 5. The molecule has 2 aromatic carbocycles. The van der Waals surface area contributed by atoms with E-state index >= 15 is 0 Å². The summed E-state index contributed by atoms with van der Waals surface area (Å²) in [5.74, 6) is 2.41. The van der Waals surface area contributed by atoms with Gasteiger partial charge in [-0.25, -0.2) is 0 Å². The summed E-state index contributed by atoms with van der Waals surface area (Å²) in [6.07, 6.45) is 0. The van der Waals surface area contributed by atoms with Crippen LogP contribution in [0.2, 0.25) is 0 Å². The molecule has 0 aromatic heterocycles. The standard InChI is InChI=1S/C17H18O4S/c1-19-13-6-4-5-12(9-13)15(18)11-22-14-7-8-16(20-2)17(10-14)21-3/h4-10H,11H2,1-3H3. The Morgan fingerprint density at radius 2 is 1.73 bits per heavy atom. The molecule has 4 nitrogen and oxygen atoms in total. The van der Waals surface area contributed by atoms with Crippen LogP contribution in [0.3, 0.4) is 0 Å². The Labute approximate surface area is 134 Å². The molecule has 5 heteroatoms. The van der Waals surface area contributed by atoms with Crippen molar-refractivity contribution in [2.24, 2.45) is 0 Å². The quantitative estimate of drug-likeness (QED) is 0.575. The van der Waals surface area contributed by atoms with Crippen LogP contribution in [0.25, 0.3) is 0 Å². The smallest absolute Gasteiger partial charge is 0.173 e. The molecule has 0 atom stereocenters. The van der Waals surface area contributed by atoms with E-state index in [1.807, 2.05) is 30.3 Å². The lowest BCUT2D eigenvalue weighted by Crippen LogP contribution is -2.02. The highest BCUT2D eigenvalue weighted by atomic mass is 32.2. The number of benzene rings is 2. The lowest BCUT2D eigenvalue weighted by molar-refractivity contribution is 0.102. The second-order valence-corrected chi connectivity index (χ2v) is 5.51. The summed E-state index contributed by atoms with van der Waals surface area (Å²) >= 11 is 1.46. The lowest BCUT2D eigenvalue weighted by Gasteiger charge is -2.09. The molecule has 0 amide bonds. The molecule has 0 radical (unpaired) electrons. The topological polar surface area (TPSA) is 44.8 Å². The summed E-state index contributed by atoms with van der Waals surface area (Å²) in [5, 5.41) is 0. The highest BCUT2D eigenvalue weighted by Crippen LogP contribution is 2.32. The van der Waals surface area contributed by atoms with Crippen LogP contribution in [0.1, 0.15) is 10.4 Å². The molecule has 0 saturated carbocycles. The molecule has 2 rings (SSSR count). The van der Waals surface area contributed by atoms with E-state index in [2.05, 4.69) is 0 Å². The third kappa shape index (κ3) is 3.95. The number of carbonyl (C=O) groups is 1. The van der Waals surface area contributed by atoms with E-state index in [9.17, 15) is 4.79 Å². The SMILES string of the molecule is COc1cccc(C(=O)CSc2ccc(OC)c(OC)c2)c1. The number of Topliss-reactive ketones (excluding diaryl/α,β-unsaturated/α-hetero) is 1. The Hall–Kier alpha value is -2.14. The first-order valence-electron chi connectivity index (χ1n) is 6.70. The van der Waals surface area contributed by atoms with Crippen molar-refractivity contribution in [1.29, 1.82) is 0 Å². The number of ketones is 1. The van der Waals surface area contributed by atoms with Gasteiger partial charge in [0, 0.05) is 10.5 Å². The highest BCUT2D eigenvalue weighted by molar-refractivity contribution is 8.00. The van der Waals surface area contributed by atoms with Gasteiger partial charge < -0.3 is 14.2 Å². The molecule has 0 N–H and O–H groups in total. The van der Waals surface area contributed by atoms with Crippen molar-refractivity contribution in [3.05, 3.63) is 48.0 Å². The molecule has 0 aliphatic heterocycles. The van der Waals surface area contributed by atoms with Crippen molar-refractivity contribution in [3.63, 3.8) is 0 Å². The van der Waals surface area contributed by atoms with Gasteiger partial charge in [-0.2, -0.15) is 0 Å². The molecule has 0 spiro atoms. The third-order valence-corrected chi connectivity index (χ3v) is 4.11. The minimum Gasteiger partial charge on any atom is -0.497 e. The van der Waals surface area contributed by atoms with Gasteiger partial charge in [-0.15, -0.1) is 11.8 Å². The Balaban J connectivity index is 2.04. The maximum atomic E-state index is 12.2. The molecule has 2 aromatic rings. The fraction of sp³-hybridized carbons (Fsp3) is 0.235. The summed E-state index contributed by atoms with van der Waals surface area (Å²) in [6.45, 7) is 0. The molecule has 0 aliphatic carbocycles. The molecule has 0 heterocycles. The summed E-state index contributed by atoms with van der Waals surface area (Å²) in [5.41, 5.74) is 0.646. The Morgan fingerprint density at radius 3 is 2.41 bits per heavy atom. The Morgan fingerprint density at radius 1 is 0.955 bits per heavy atom. The zero-order valence-corrected chi connectivity index (χ0v) is 13.6. The van der Waals surface area contributed by atoms with E-state index in [1.54, 1.807) is 33.5 Å². The van der Waals surface area contributed by atoms with E-state index in [1.165, 1.54) is 11.8 Å². The number of thioether (sulfide) groups is 1. The van der Waals surface area contributed by atoms with Gasteiger partial charge in [0.05, 0.1) is 27.1 Å². The van der Waals surface area contributed by atoms with Crippen LogP contribution < -0.4 is 14.2 Å². The molecule has 22 heavy (non-hydrogen) atoms. The average Bonchev–Trinajstić information content (AvgIpc) is 2.59. The first-order chi connectivity index (χ1) is 10.7. The van der Waals surface area contributed by atoms with Crippen molar-refractivity contribution in [2.75, 3.05) is 27.1 Å². The monoisotopic (exact) mass is 318 g/mol. The van der Waals surface area contributed by atoms with Crippen LogP contribution in [0.5, 0.6) is 17.2 Å². The fourth-order valence-electron chi connectivity index (χ4n) is 1.94. The van der Waals surface area contributed by atoms with Crippen LogP contribution >= 0.6 is 11.8 Å². The molecule has 0 aliphatic rings. The maximum absolute atomic E-state index is 12.2. The second-order valence-electron chi connectivity index (χ2n) is 4.46. The zero-order valence-electron chi connectivity index (χ0n) is 12.8. The van der Waals surface area contributed by atoms with Crippen molar-refractivity contribution in [1.82, 2.24) is 0 Å². The number of hydrogen-bond donors (Lipinski definition) is 0. The van der Waals surface area contributed by atoms with Crippen LogP contribution in [-0.4, -0.2) is 32.9 Å². The van der Waals surface area contributed by atoms with Gasteiger partial charge in [0.1, 0.15) is 5.75 Å². The largest absolute Gasteiger partial charge is 0.497 e. The van der Waals surface area contributed by atoms with Gasteiger partial charge in [0.2, 0.25) is 0 Å². The second kappa shape index (κ2) is 7.75. The van der Waals surface area contributed by atoms with E-state index in [0.29, 0.717) is 28.6 Å². The predicted molar refractivity (Wildman–Crippen MR) is 87.6 cm³/mol. The molecular formula is C17H18O4S. The van der Waals surface area contributed by atoms with Crippen molar-refractivity contribution in [2.45, 2.75) is 4.90 Å². The Kier molecular flexibility index (Phi) is 5.72. The molecule has 0 fully saturated rings. The van der Waals surface area contributed by atoms with E-state index in [0.717, 1.165) is 4.90 Å². The highest BCUT2D eigenvalue weighted by Gasteiger charge is 2.10. The maximum Gasteiger partial charge on any atom is 0.173 e. The summed E-state index contributed by atoms with van der Waals surface area (Å²) < 4.78 is 15.6. The third-order valence-electron chi connectivity index (χ3n) is 3.12. The van der Waals surface area contributed by atoms with Crippen molar-refractivity contribution >= 4 is 17.5 Å². The van der Waals surface area contributed by atoms with Crippen molar-refractivity contribution < 1.29 is 19.0 Å². The molecule has 0 unspecified atom stereocenters. The van der Waals surface area contributed by atoms with Crippen LogP contribution in [0, 0.1) is 0 Å². The van der Waals surface area contributed by atoms with E-state index in [-0.39, 0.29) is 5.78 Å². The van der Waals surface area contributed by atoms with Crippen LogP contribution in [0.4, 0.5) is 0 Å². The van der Waals surface area contributed by atoms with Crippen LogP contribution in [-0.2, 0) is 0 Å². The first kappa shape index (κ1) is 16.2. The minimum atomic E-state index is 0.0543. The van der Waals surface area contributed by atoms with Gasteiger partial charge in [-0.3, -0.25) is 4.79 Å². The number of methoxy groups -OCH3 is 3. The average molecular weight is 318 g/mol. The van der Waals surface area contributed by atoms with Gasteiger partial charge in [0.25, 0.3) is 0 Å². The predicted octanol–water partition coefficient (Wildman–Crippen LogP) is 3.69. The van der Waals surface area contributed by atoms with Gasteiger partial charge in [-0.1, -0.05) is 12.1 Å². The Bertz CT molecular complexity index is 655. The number of carbonyl (C=O) groups excluding carboxylic acids is 1. The minimum absolute atomic E-state index is 0.0543. The van der Waals surface area contributed by atoms with Gasteiger partial charge >= 0.3 is 0 Å². The summed E-state index contributed by atoms with van der Waals surface area (Å²) in [4.78, 5) is 13.2. The van der Waals surface area contributed by atoms with Gasteiger partial charge in [0.15, 0.2) is 17.3 Å². The van der Waals surface area contributed by atoms with E-state index < -0.39 is 0 Å². The zero-order chi connectivity index (χ0) is 15.9. The van der Waals surface area contributed by atoms with Crippen LogP contribution in [0.15, 0.2) is 47.4 Å². The molecule has 0 bridgehead atoms. The normalized spacial score (nSPS) is 10.1. The number of rotatable bonds is 7.